The Morgan fingerprint density at radius 3 is 2.57 bits per heavy atom. The van der Waals surface area contributed by atoms with E-state index in [1.54, 1.807) is 6.92 Å². The summed E-state index contributed by atoms with van der Waals surface area (Å²) >= 11 is 0. The van der Waals surface area contributed by atoms with Crippen molar-refractivity contribution in [2.45, 2.75) is 13.3 Å². The number of nitrogens with one attached hydrogen (secondary N) is 1. The predicted octanol–water partition coefficient (Wildman–Crippen LogP) is 2.57. The summed E-state index contributed by atoms with van der Waals surface area (Å²) in [6.07, 6.45) is 2.83. The van der Waals surface area contributed by atoms with E-state index in [1.807, 2.05) is 0 Å². The summed E-state index contributed by atoms with van der Waals surface area (Å²) in [7, 11) is 0. The van der Waals surface area contributed by atoms with Crippen molar-refractivity contribution in [3.05, 3.63) is 48.3 Å². The van der Waals surface area contributed by atoms with E-state index in [0.717, 1.165) is 0 Å². The average molecular weight is 342 g/mol. The smallest absolute Gasteiger partial charge is 0.307 e. The number of carbonyl (C=O) groups is 2. The van der Waals surface area contributed by atoms with Gasteiger partial charge in [-0.3, -0.25) is 9.59 Å². The van der Waals surface area contributed by atoms with E-state index in [9.17, 15) is 14.0 Å². The van der Waals surface area contributed by atoms with Gasteiger partial charge in [0.1, 0.15) is 11.5 Å². The molecule has 0 fully saturated rings. The summed E-state index contributed by atoms with van der Waals surface area (Å²) in [5, 5.41) is 0. The number of nitrogens with zero attached hydrogens (tertiary/aromatic N) is 2. The molecule has 0 unspecified atom stereocenters. The molecule has 0 radical (unpaired) electrons. The van der Waals surface area contributed by atoms with Crippen LogP contribution < -0.4 is 4.90 Å². The van der Waals surface area contributed by atoms with Crippen LogP contribution >= 0.6 is 12.4 Å². The van der Waals surface area contributed by atoms with Crippen LogP contribution in [-0.2, 0) is 9.53 Å². The number of esters is 1. The fourth-order valence-electron chi connectivity index (χ4n) is 1.92. The fraction of sp³-hybridized carbons (Fsp3) is 0.267. The first-order valence-corrected chi connectivity index (χ1v) is 6.83. The van der Waals surface area contributed by atoms with Crippen molar-refractivity contribution in [3.8, 4) is 0 Å². The molecule has 1 amide bonds. The Morgan fingerprint density at radius 1 is 1.30 bits per heavy atom. The van der Waals surface area contributed by atoms with Gasteiger partial charge in [-0.15, -0.1) is 12.4 Å². The SMILES string of the molecule is CCOC(=O)CCN(C(=O)c1cnc[nH]1)c1ccc(F)cc1.Cl. The van der Waals surface area contributed by atoms with E-state index in [-0.39, 0.29) is 43.6 Å². The summed E-state index contributed by atoms with van der Waals surface area (Å²) in [6, 6.07) is 5.48. The summed E-state index contributed by atoms with van der Waals surface area (Å²) in [4.78, 5) is 31.9. The maximum Gasteiger partial charge on any atom is 0.307 e. The van der Waals surface area contributed by atoms with E-state index >= 15 is 0 Å². The molecule has 2 aromatic rings. The Labute approximate surface area is 139 Å². The molecule has 0 bridgehead atoms. The lowest BCUT2D eigenvalue weighted by atomic mass is 10.2. The van der Waals surface area contributed by atoms with Crippen molar-refractivity contribution in [2.75, 3.05) is 18.1 Å². The highest BCUT2D eigenvalue weighted by Gasteiger charge is 2.20. The van der Waals surface area contributed by atoms with Crippen molar-refractivity contribution in [2.24, 2.45) is 0 Å². The highest BCUT2D eigenvalue weighted by atomic mass is 35.5. The minimum Gasteiger partial charge on any atom is -0.466 e. The van der Waals surface area contributed by atoms with Crippen LogP contribution in [0, 0.1) is 5.82 Å². The lowest BCUT2D eigenvalue weighted by Gasteiger charge is -2.21. The molecule has 1 aromatic carbocycles. The Balaban J connectivity index is 0.00000264. The van der Waals surface area contributed by atoms with Crippen LogP contribution in [0.15, 0.2) is 36.8 Å². The van der Waals surface area contributed by atoms with Gasteiger partial charge in [-0.05, 0) is 31.2 Å². The number of hydrogen-bond donors (Lipinski definition) is 1. The highest BCUT2D eigenvalue weighted by molar-refractivity contribution is 6.04. The number of aromatic amines is 1. The first-order chi connectivity index (χ1) is 10.6. The molecule has 124 valence electrons. The zero-order valence-corrected chi connectivity index (χ0v) is 13.3. The van der Waals surface area contributed by atoms with Crippen LogP contribution in [0.1, 0.15) is 23.8 Å². The maximum absolute atomic E-state index is 13.0. The van der Waals surface area contributed by atoms with Crippen LogP contribution in [-0.4, -0.2) is 35.0 Å². The number of H-pyrrole nitrogens is 1. The molecule has 1 heterocycles. The van der Waals surface area contributed by atoms with Gasteiger partial charge in [0.05, 0.1) is 25.6 Å². The van der Waals surface area contributed by atoms with E-state index < -0.39 is 11.8 Å². The third-order valence-corrected chi connectivity index (χ3v) is 2.96. The molecule has 1 aromatic heterocycles. The van der Waals surface area contributed by atoms with Crippen molar-refractivity contribution in [1.82, 2.24) is 9.97 Å². The Morgan fingerprint density at radius 2 is 2.00 bits per heavy atom. The molecule has 0 saturated heterocycles. The monoisotopic (exact) mass is 341 g/mol. The molecule has 1 N–H and O–H groups in total. The zero-order valence-electron chi connectivity index (χ0n) is 12.5. The largest absolute Gasteiger partial charge is 0.466 e. The van der Waals surface area contributed by atoms with E-state index in [0.29, 0.717) is 5.69 Å². The molecular formula is C15H17ClFN3O3. The number of halogens is 2. The molecule has 0 spiro atoms. The molecule has 0 aliphatic carbocycles. The molecule has 0 atom stereocenters. The standard InChI is InChI=1S/C15H16FN3O3.ClH/c1-2-22-14(20)7-8-19(12-5-3-11(16)4-6-12)15(21)13-9-17-10-18-13;/h3-6,9-10H,2,7-8H2,1H3,(H,17,18);1H. The van der Waals surface area contributed by atoms with Crippen molar-refractivity contribution in [3.63, 3.8) is 0 Å². The van der Waals surface area contributed by atoms with Crippen LogP contribution in [0.3, 0.4) is 0 Å². The minimum atomic E-state index is -0.400. The molecule has 2 rings (SSSR count). The maximum atomic E-state index is 13.0. The summed E-state index contributed by atoms with van der Waals surface area (Å²) < 4.78 is 17.9. The second-order valence-corrected chi connectivity index (χ2v) is 4.45. The Kier molecular flexibility index (Phi) is 7.21. The zero-order chi connectivity index (χ0) is 15.9. The second-order valence-electron chi connectivity index (χ2n) is 4.45. The second kappa shape index (κ2) is 8.89. The lowest BCUT2D eigenvalue weighted by Crippen LogP contribution is -2.33. The molecule has 0 aliphatic heterocycles. The van der Waals surface area contributed by atoms with Crippen molar-refractivity contribution >= 4 is 30.0 Å². The van der Waals surface area contributed by atoms with E-state index in [4.69, 9.17) is 4.74 Å². The third-order valence-electron chi connectivity index (χ3n) is 2.96. The predicted molar refractivity (Wildman–Crippen MR) is 85.2 cm³/mol. The number of benzene rings is 1. The normalized spacial score (nSPS) is 9.83. The number of carbonyl (C=O) groups excluding carboxylic acids is 2. The van der Waals surface area contributed by atoms with Crippen LogP contribution in [0.25, 0.3) is 0 Å². The van der Waals surface area contributed by atoms with Crippen molar-refractivity contribution < 1.29 is 18.7 Å². The first kappa shape index (κ1) is 18.6. The summed E-state index contributed by atoms with van der Waals surface area (Å²) in [5.74, 6) is -1.15. The number of hydrogen-bond acceptors (Lipinski definition) is 4. The van der Waals surface area contributed by atoms with Gasteiger partial charge in [0, 0.05) is 12.2 Å². The number of rotatable bonds is 6. The van der Waals surface area contributed by atoms with E-state index in [2.05, 4.69) is 9.97 Å². The topological polar surface area (TPSA) is 75.3 Å². The van der Waals surface area contributed by atoms with Gasteiger partial charge in [-0.25, -0.2) is 9.37 Å². The van der Waals surface area contributed by atoms with Gasteiger partial charge in [0.15, 0.2) is 0 Å². The Bertz CT molecular complexity index is 632. The molecule has 0 aliphatic rings. The van der Waals surface area contributed by atoms with E-state index in [1.165, 1.54) is 41.7 Å². The minimum absolute atomic E-state index is 0. The number of aromatic nitrogens is 2. The fourth-order valence-corrected chi connectivity index (χ4v) is 1.92. The number of amides is 1. The van der Waals surface area contributed by atoms with Gasteiger partial charge < -0.3 is 14.6 Å². The van der Waals surface area contributed by atoms with Gasteiger partial charge in [0.2, 0.25) is 0 Å². The highest BCUT2D eigenvalue weighted by Crippen LogP contribution is 2.17. The van der Waals surface area contributed by atoms with Gasteiger partial charge in [-0.1, -0.05) is 0 Å². The van der Waals surface area contributed by atoms with Crippen molar-refractivity contribution in [1.29, 1.82) is 0 Å². The first-order valence-electron chi connectivity index (χ1n) is 6.83. The number of imidazole rings is 1. The number of anilines is 1. The number of ether oxygens (including phenoxy) is 1. The summed E-state index contributed by atoms with van der Waals surface area (Å²) in [6.45, 7) is 2.12. The quantitative estimate of drug-likeness (QED) is 0.819. The van der Waals surface area contributed by atoms with Gasteiger partial charge in [0.25, 0.3) is 5.91 Å². The lowest BCUT2D eigenvalue weighted by molar-refractivity contribution is -0.142. The Hall–Kier alpha value is -2.41. The molecule has 8 heteroatoms. The summed E-state index contributed by atoms with van der Waals surface area (Å²) in [5.41, 5.74) is 0.776. The third kappa shape index (κ3) is 5.07. The van der Waals surface area contributed by atoms with Crippen LogP contribution in [0.5, 0.6) is 0 Å². The van der Waals surface area contributed by atoms with Gasteiger partial charge in [-0.2, -0.15) is 0 Å². The van der Waals surface area contributed by atoms with Crippen LogP contribution in [0.4, 0.5) is 10.1 Å². The molecular weight excluding hydrogens is 325 g/mol. The molecule has 0 saturated carbocycles. The molecule has 6 nitrogen and oxygen atoms in total. The molecule has 23 heavy (non-hydrogen) atoms. The van der Waals surface area contributed by atoms with Crippen LogP contribution in [0.2, 0.25) is 0 Å². The average Bonchev–Trinajstić information content (AvgIpc) is 3.03. The van der Waals surface area contributed by atoms with Gasteiger partial charge >= 0.3 is 5.97 Å².